The van der Waals surface area contributed by atoms with Gasteiger partial charge in [0.15, 0.2) is 0 Å². The van der Waals surface area contributed by atoms with Crippen LogP contribution in [0.5, 0.6) is 0 Å². The lowest BCUT2D eigenvalue weighted by molar-refractivity contribution is -0.135. The molecule has 144 valence electrons. The Morgan fingerprint density at radius 2 is 1.85 bits per heavy atom. The van der Waals surface area contributed by atoms with Crippen molar-refractivity contribution in [2.75, 3.05) is 45.2 Å². The molecule has 5 heteroatoms. The number of carbonyl (C=O) groups is 2. The molecule has 2 aromatic rings. The minimum atomic E-state index is -0.00539. The molecule has 3 rings (SSSR count). The standard InChI is InChI=1S/C22H29N3O2/c1-4-25(20-13-7-10-17-9-5-6-12-19(17)20)21(26)16-24-14-8-11-18(15-24)22(27)23(2)3/h5-7,9-10,12-13,18H,4,8,11,14-16H2,1-3H3. The maximum absolute atomic E-state index is 13.1. The van der Waals surface area contributed by atoms with Gasteiger partial charge >= 0.3 is 0 Å². The zero-order valence-corrected chi connectivity index (χ0v) is 16.5. The molecule has 0 aromatic heterocycles. The van der Waals surface area contributed by atoms with Gasteiger partial charge in [-0.05, 0) is 37.8 Å². The van der Waals surface area contributed by atoms with Crippen LogP contribution in [0.25, 0.3) is 10.8 Å². The maximum atomic E-state index is 13.1. The lowest BCUT2D eigenvalue weighted by Crippen LogP contribution is -2.47. The van der Waals surface area contributed by atoms with Crippen molar-refractivity contribution in [3.8, 4) is 0 Å². The van der Waals surface area contributed by atoms with Crippen LogP contribution >= 0.6 is 0 Å². The van der Waals surface area contributed by atoms with Gasteiger partial charge in [-0.25, -0.2) is 0 Å². The van der Waals surface area contributed by atoms with Gasteiger partial charge < -0.3 is 9.80 Å². The molecule has 5 nitrogen and oxygen atoms in total. The van der Waals surface area contributed by atoms with E-state index in [4.69, 9.17) is 0 Å². The third-order valence-electron chi connectivity index (χ3n) is 5.33. The number of hydrogen-bond acceptors (Lipinski definition) is 3. The third kappa shape index (κ3) is 4.30. The predicted molar refractivity (Wildman–Crippen MR) is 110 cm³/mol. The number of nitrogens with zero attached hydrogens (tertiary/aromatic N) is 3. The number of rotatable bonds is 5. The van der Waals surface area contributed by atoms with Crippen molar-refractivity contribution in [2.45, 2.75) is 19.8 Å². The Bertz CT molecular complexity index is 813. The van der Waals surface area contributed by atoms with E-state index in [-0.39, 0.29) is 17.7 Å². The molecular formula is C22H29N3O2. The van der Waals surface area contributed by atoms with Gasteiger partial charge in [0.05, 0.1) is 18.2 Å². The van der Waals surface area contributed by atoms with Gasteiger partial charge in [0.2, 0.25) is 11.8 Å². The zero-order chi connectivity index (χ0) is 19.4. The highest BCUT2D eigenvalue weighted by atomic mass is 16.2. The Kier molecular flexibility index (Phi) is 6.11. The molecule has 0 bridgehead atoms. The number of fused-ring (bicyclic) bond motifs is 1. The normalized spacial score (nSPS) is 17.7. The Morgan fingerprint density at radius 1 is 1.11 bits per heavy atom. The summed E-state index contributed by atoms with van der Waals surface area (Å²) >= 11 is 0. The highest BCUT2D eigenvalue weighted by Gasteiger charge is 2.29. The van der Waals surface area contributed by atoms with Crippen LogP contribution in [0.2, 0.25) is 0 Å². The quantitative estimate of drug-likeness (QED) is 0.816. The molecule has 2 aromatic carbocycles. The first-order valence-corrected chi connectivity index (χ1v) is 9.73. The largest absolute Gasteiger partial charge is 0.349 e. The van der Waals surface area contributed by atoms with E-state index in [0.717, 1.165) is 35.8 Å². The molecule has 0 saturated carbocycles. The Morgan fingerprint density at radius 3 is 2.59 bits per heavy atom. The molecule has 1 atom stereocenters. The summed E-state index contributed by atoms with van der Waals surface area (Å²) in [6.07, 6.45) is 1.86. The molecule has 1 fully saturated rings. The minimum absolute atomic E-state index is 0.00539. The molecule has 1 unspecified atom stereocenters. The number of likely N-dealkylation sites (tertiary alicyclic amines) is 1. The number of anilines is 1. The van der Waals surface area contributed by atoms with E-state index in [9.17, 15) is 9.59 Å². The van der Waals surface area contributed by atoms with E-state index in [1.165, 1.54) is 0 Å². The number of amides is 2. The van der Waals surface area contributed by atoms with E-state index in [1.54, 1.807) is 19.0 Å². The van der Waals surface area contributed by atoms with E-state index in [2.05, 4.69) is 23.1 Å². The summed E-state index contributed by atoms with van der Waals surface area (Å²) < 4.78 is 0. The first-order valence-electron chi connectivity index (χ1n) is 9.73. The van der Waals surface area contributed by atoms with E-state index < -0.39 is 0 Å². The second-order valence-electron chi connectivity index (χ2n) is 7.44. The molecule has 1 heterocycles. The Hall–Kier alpha value is -2.40. The molecule has 1 aliphatic heterocycles. The molecule has 1 aliphatic rings. The SMILES string of the molecule is CCN(C(=O)CN1CCCC(C(=O)N(C)C)C1)c1cccc2ccccc12. The van der Waals surface area contributed by atoms with Crippen molar-refractivity contribution in [2.24, 2.45) is 5.92 Å². The number of hydrogen-bond donors (Lipinski definition) is 0. The number of piperidine rings is 1. The summed E-state index contributed by atoms with van der Waals surface area (Å²) in [6, 6.07) is 14.2. The lowest BCUT2D eigenvalue weighted by Gasteiger charge is -2.34. The van der Waals surface area contributed by atoms with Crippen LogP contribution < -0.4 is 4.90 Å². The zero-order valence-electron chi connectivity index (χ0n) is 16.5. The fraction of sp³-hybridized carbons (Fsp3) is 0.455. The number of benzene rings is 2. The topological polar surface area (TPSA) is 43.9 Å². The predicted octanol–water partition coefficient (Wildman–Crippen LogP) is 2.99. The summed E-state index contributed by atoms with van der Waals surface area (Å²) in [5.74, 6) is 0.245. The van der Waals surface area contributed by atoms with E-state index >= 15 is 0 Å². The van der Waals surface area contributed by atoms with Gasteiger partial charge in [-0.15, -0.1) is 0 Å². The van der Waals surface area contributed by atoms with Crippen LogP contribution in [-0.4, -0.2) is 61.9 Å². The third-order valence-corrected chi connectivity index (χ3v) is 5.33. The average molecular weight is 367 g/mol. The highest BCUT2D eigenvalue weighted by Crippen LogP contribution is 2.27. The minimum Gasteiger partial charge on any atom is -0.349 e. The van der Waals surface area contributed by atoms with Crippen LogP contribution in [0.3, 0.4) is 0 Å². The smallest absolute Gasteiger partial charge is 0.241 e. The van der Waals surface area contributed by atoms with Crippen LogP contribution in [0.4, 0.5) is 5.69 Å². The van der Waals surface area contributed by atoms with Gasteiger partial charge in [-0.2, -0.15) is 0 Å². The van der Waals surface area contributed by atoms with Gasteiger partial charge in [0, 0.05) is 32.6 Å². The summed E-state index contributed by atoms with van der Waals surface area (Å²) in [4.78, 5) is 31.0. The molecule has 1 saturated heterocycles. The molecule has 0 radical (unpaired) electrons. The molecule has 0 N–H and O–H groups in total. The molecular weight excluding hydrogens is 338 g/mol. The first-order chi connectivity index (χ1) is 13.0. The van der Waals surface area contributed by atoms with Crippen molar-refractivity contribution < 1.29 is 9.59 Å². The average Bonchev–Trinajstić information content (AvgIpc) is 2.68. The van der Waals surface area contributed by atoms with Crippen molar-refractivity contribution >= 4 is 28.3 Å². The lowest BCUT2D eigenvalue weighted by atomic mass is 9.96. The monoisotopic (exact) mass is 367 g/mol. The van der Waals surface area contributed by atoms with Crippen molar-refractivity contribution in [1.29, 1.82) is 0 Å². The van der Waals surface area contributed by atoms with Crippen LogP contribution in [0.1, 0.15) is 19.8 Å². The number of likely N-dealkylation sites (N-methyl/N-ethyl adjacent to an activating group) is 1. The second-order valence-corrected chi connectivity index (χ2v) is 7.44. The number of carbonyl (C=O) groups excluding carboxylic acids is 2. The van der Waals surface area contributed by atoms with Crippen LogP contribution in [0, 0.1) is 5.92 Å². The molecule has 2 amide bonds. The second kappa shape index (κ2) is 8.53. The Balaban J connectivity index is 1.74. The molecule has 0 aliphatic carbocycles. The molecule has 27 heavy (non-hydrogen) atoms. The van der Waals surface area contributed by atoms with Crippen molar-refractivity contribution in [3.05, 3.63) is 42.5 Å². The van der Waals surface area contributed by atoms with E-state index in [1.807, 2.05) is 36.1 Å². The summed E-state index contributed by atoms with van der Waals surface area (Å²) in [5.41, 5.74) is 0.957. The Labute approximate surface area is 161 Å². The maximum Gasteiger partial charge on any atom is 0.241 e. The summed E-state index contributed by atoms with van der Waals surface area (Å²) in [5, 5.41) is 2.23. The van der Waals surface area contributed by atoms with Gasteiger partial charge in [0.25, 0.3) is 0 Å². The first kappa shape index (κ1) is 19.4. The summed E-state index contributed by atoms with van der Waals surface area (Å²) in [6.45, 7) is 4.52. The van der Waals surface area contributed by atoms with Crippen LogP contribution in [-0.2, 0) is 9.59 Å². The fourth-order valence-corrected chi connectivity index (χ4v) is 3.97. The highest BCUT2D eigenvalue weighted by molar-refractivity contribution is 6.04. The van der Waals surface area contributed by atoms with Crippen molar-refractivity contribution in [1.82, 2.24) is 9.80 Å². The van der Waals surface area contributed by atoms with Gasteiger partial charge in [-0.3, -0.25) is 14.5 Å². The van der Waals surface area contributed by atoms with Crippen molar-refractivity contribution in [3.63, 3.8) is 0 Å². The van der Waals surface area contributed by atoms with Gasteiger partial charge in [0.1, 0.15) is 0 Å². The van der Waals surface area contributed by atoms with E-state index in [0.29, 0.717) is 19.6 Å². The molecule has 0 spiro atoms. The van der Waals surface area contributed by atoms with Gasteiger partial charge in [-0.1, -0.05) is 36.4 Å². The van der Waals surface area contributed by atoms with Crippen LogP contribution in [0.15, 0.2) is 42.5 Å². The fourth-order valence-electron chi connectivity index (χ4n) is 3.97. The summed E-state index contributed by atoms with van der Waals surface area (Å²) in [7, 11) is 3.59.